The highest BCUT2D eigenvalue weighted by Gasteiger charge is 2.44. The van der Waals surface area contributed by atoms with Crippen LogP contribution >= 0.6 is 0 Å². The predicted octanol–water partition coefficient (Wildman–Crippen LogP) is 3.30. The lowest BCUT2D eigenvalue weighted by Crippen LogP contribution is -2.49. The second-order valence-electron chi connectivity index (χ2n) is 7.68. The topological polar surface area (TPSA) is 111 Å². The normalized spacial score (nSPS) is 19.8. The Bertz CT molecular complexity index is 939. The second-order valence-corrected chi connectivity index (χ2v) is 7.68. The molecule has 1 aliphatic heterocycles. The molecule has 2 N–H and O–H groups in total. The molecule has 1 amide bonds. The Balaban J connectivity index is 1.94. The van der Waals surface area contributed by atoms with E-state index in [9.17, 15) is 20.0 Å². The van der Waals surface area contributed by atoms with Crippen molar-refractivity contribution in [1.82, 2.24) is 0 Å². The number of hydrogen-bond acceptors (Lipinski definition) is 6. The van der Waals surface area contributed by atoms with E-state index in [4.69, 9.17) is 9.47 Å². The molecule has 8 heteroatoms. The summed E-state index contributed by atoms with van der Waals surface area (Å²) in [6, 6.07) is 10.2. The minimum Gasteiger partial charge on any atom is -0.484 e. The van der Waals surface area contributed by atoms with Crippen molar-refractivity contribution < 1.29 is 24.3 Å². The quantitative estimate of drug-likeness (QED) is 0.588. The number of anilines is 1. The largest absolute Gasteiger partial charge is 0.484 e. The fraction of sp³-hybridized carbons (Fsp3) is 0.381. The van der Waals surface area contributed by atoms with Gasteiger partial charge in [-0.2, -0.15) is 0 Å². The van der Waals surface area contributed by atoms with Crippen molar-refractivity contribution >= 4 is 17.3 Å². The van der Waals surface area contributed by atoms with Crippen molar-refractivity contribution in [3.8, 4) is 5.75 Å². The molecule has 2 aromatic carbocycles. The molecule has 0 unspecified atom stereocenters. The molecule has 0 saturated carbocycles. The van der Waals surface area contributed by atoms with E-state index in [1.54, 1.807) is 13.8 Å². The van der Waals surface area contributed by atoms with Crippen LogP contribution in [0.3, 0.4) is 0 Å². The van der Waals surface area contributed by atoms with Gasteiger partial charge in [-0.1, -0.05) is 29.8 Å². The van der Waals surface area contributed by atoms with E-state index in [1.807, 2.05) is 31.2 Å². The van der Waals surface area contributed by atoms with Gasteiger partial charge in [-0.05, 0) is 32.4 Å². The molecule has 0 bridgehead atoms. The van der Waals surface area contributed by atoms with Gasteiger partial charge in [0.2, 0.25) is 5.91 Å². The third kappa shape index (κ3) is 4.23. The molecule has 0 radical (unpaired) electrons. The van der Waals surface area contributed by atoms with Gasteiger partial charge in [-0.3, -0.25) is 14.9 Å². The summed E-state index contributed by atoms with van der Waals surface area (Å²) in [7, 11) is 1.44. The van der Waals surface area contributed by atoms with Crippen LogP contribution in [-0.2, 0) is 16.0 Å². The molecule has 1 heterocycles. The zero-order valence-electron chi connectivity index (χ0n) is 16.8. The Labute approximate surface area is 168 Å². The molecule has 1 aliphatic rings. The minimum atomic E-state index is -0.988. The average molecular weight is 400 g/mol. The third-order valence-electron chi connectivity index (χ3n) is 5.02. The van der Waals surface area contributed by atoms with Crippen LogP contribution in [0.2, 0.25) is 0 Å². The number of nitrogens with zero attached hydrogens (tertiary/aromatic N) is 1. The van der Waals surface area contributed by atoms with Gasteiger partial charge in [0.1, 0.15) is 29.2 Å². The molecule has 0 fully saturated rings. The average Bonchev–Trinajstić information content (AvgIpc) is 2.64. The number of aliphatic hydroxyl groups excluding tert-OH is 1. The number of carbonyl (C=O) groups excluding carboxylic acids is 1. The maximum absolute atomic E-state index is 12.5. The number of fused-ring (bicyclic) bond motifs is 1. The lowest BCUT2D eigenvalue weighted by atomic mass is 9.88. The number of benzene rings is 2. The number of rotatable bonds is 5. The molecular formula is C21H24N2O6. The van der Waals surface area contributed by atoms with Crippen molar-refractivity contribution in [2.75, 3.05) is 12.4 Å². The molecule has 0 aliphatic carbocycles. The zero-order chi connectivity index (χ0) is 21.3. The number of nitro benzene ring substituents is 1. The maximum atomic E-state index is 12.5. The lowest BCUT2D eigenvalue weighted by Gasteiger charge is -2.41. The fourth-order valence-corrected chi connectivity index (χ4v) is 3.37. The number of methoxy groups -OCH3 is 1. The van der Waals surface area contributed by atoms with Gasteiger partial charge in [0.15, 0.2) is 0 Å². The van der Waals surface area contributed by atoms with E-state index >= 15 is 0 Å². The number of nitrogens with one attached hydrogen (secondary N) is 1. The van der Waals surface area contributed by atoms with E-state index < -0.39 is 22.7 Å². The first kappa shape index (κ1) is 20.8. The number of carbonyl (C=O) groups is 1. The first-order valence-electron chi connectivity index (χ1n) is 9.20. The predicted molar refractivity (Wildman–Crippen MR) is 107 cm³/mol. The van der Waals surface area contributed by atoms with Crippen molar-refractivity contribution in [2.45, 2.75) is 45.0 Å². The molecule has 3 rings (SSSR count). The summed E-state index contributed by atoms with van der Waals surface area (Å²) >= 11 is 0. The molecule has 154 valence electrons. The van der Waals surface area contributed by atoms with Gasteiger partial charge in [-0.25, -0.2) is 0 Å². The number of ether oxygens (including phenoxy) is 2. The van der Waals surface area contributed by atoms with Crippen LogP contribution in [-0.4, -0.2) is 34.8 Å². The van der Waals surface area contributed by atoms with Gasteiger partial charge in [0, 0.05) is 12.7 Å². The van der Waals surface area contributed by atoms with Crippen LogP contribution in [0, 0.1) is 17.0 Å². The van der Waals surface area contributed by atoms with E-state index in [0.29, 0.717) is 5.56 Å². The summed E-state index contributed by atoms with van der Waals surface area (Å²) in [4.78, 5) is 23.5. The van der Waals surface area contributed by atoms with Crippen molar-refractivity contribution in [1.29, 1.82) is 0 Å². The second kappa shape index (κ2) is 7.81. The van der Waals surface area contributed by atoms with Crippen LogP contribution < -0.4 is 10.1 Å². The molecule has 8 nitrogen and oxygen atoms in total. The summed E-state index contributed by atoms with van der Waals surface area (Å²) in [5.74, 6) is -0.140. The Hall–Kier alpha value is -2.97. The molecule has 29 heavy (non-hydrogen) atoms. The van der Waals surface area contributed by atoms with Crippen LogP contribution in [0.5, 0.6) is 5.75 Å². The number of hydrogen-bond donors (Lipinski definition) is 2. The summed E-state index contributed by atoms with van der Waals surface area (Å²) < 4.78 is 11.2. The van der Waals surface area contributed by atoms with E-state index in [2.05, 4.69) is 5.32 Å². The Morgan fingerprint density at radius 3 is 2.55 bits per heavy atom. The fourth-order valence-electron chi connectivity index (χ4n) is 3.37. The van der Waals surface area contributed by atoms with Gasteiger partial charge < -0.3 is 19.9 Å². The molecule has 2 atom stereocenters. The first-order valence-corrected chi connectivity index (χ1v) is 9.20. The van der Waals surface area contributed by atoms with Gasteiger partial charge >= 0.3 is 0 Å². The van der Waals surface area contributed by atoms with Crippen LogP contribution in [0.1, 0.15) is 36.6 Å². The van der Waals surface area contributed by atoms with E-state index in [1.165, 1.54) is 19.2 Å². The standard InChI is InChI=1S/C21H24N2O6/c1-12-5-7-13(8-6-12)9-18(24)22-15-10-14-17(11-16(15)23(26)27)29-21(2,3)20(25)19(14)28-4/h5-8,10-11,19-20,25H,9H2,1-4H3,(H,22,24)/t19-,20+/m0/s1. The monoisotopic (exact) mass is 400 g/mol. The Morgan fingerprint density at radius 2 is 1.97 bits per heavy atom. The SMILES string of the molecule is CO[C@H]1c2cc(NC(=O)Cc3ccc(C)cc3)c([N+](=O)[O-])cc2OC(C)(C)[C@@H]1O. The highest BCUT2D eigenvalue weighted by Crippen LogP contribution is 2.45. The highest BCUT2D eigenvalue weighted by molar-refractivity contribution is 5.94. The lowest BCUT2D eigenvalue weighted by molar-refractivity contribution is -0.384. The zero-order valence-corrected chi connectivity index (χ0v) is 16.8. The summed E-state index contributed by atoms with van der Waals surface area (Å²) in [6.07, 6.45) is -1.66. The molecular weight excluding hydrogens is 376 g/mol. The van der Waals surface area contributed by atoms with Crippen LogP contribution in [0.25, 0.3) is 0 Å². The Kier molecular flexibility index (Phi) is 5.59. The highest BCUT2D eigenvalue weighted by atomic mass is 16.6. The van der Waals surface area contributed by atoms with Crippen molar-refractivity contribution in [3.05, 3.63) is 63.2 Å². The molecule has 2 aromatic rings. The number of aryl methyl sites for hydroxylation is 1. The first-order chi connectivity index (χ1) is 13.6. The number of amides is 1. The smallest absolute Gasteiger partial charge is 0.296 e. The van der Waals surface area contributed by atoms with Crippen molar-refractivity contribution in [2.24, 2.45) is 0 Å². The van der Waals surface area contributed by atoms with Crippen LogP contribution in [0.4, 0.5) is 11.4 Å². The molecule has 0 saturated heterocycles. The van der Waals surface area contributed by atoms with Crippen molar-refractivity contribution in [3.63, 3.8) is 0 Å². The Morgan fingerprint density at radius 1 is 1.31 bits per heavy atom. The third-order valence-corrected chi connectivity index (χ3v) is 5.02. The van der Waals surface area contributed by atoms with Crippen LogP contribution in [0.15, 0.2) is 36.4 Å². The summed E-state index contributed by atoms with van der Waals surface area (Å²) in [5, 5.41) is 24.7. The van der Waals surface area contributed by atoms with Gasteiger partial charge in [0.05, 0.1) is 17.4 Å². The minimum absolute atomic E-state index is 0.0309. The van der Waals surface area contributed by atoms with E-state index in [0.717, 1.165) is 11.1 Å². The molecule has 0 spiro atoms. The summed E-state index contributed by atoms with van der Waals surface area (Å²) in [6.45, 7) is 5.30. The van der Waals surface area contributed by atoms with Gasteiger partial charge in [-0.15, -0.1) is 0 Å². The maximum Gasteiger partial charge on any atom is 0.296 e. The number of aliphatic hydroxyl groups is 1. The summed E-state index contributed by atoms with van der Waals surface area (Å²) in [5.41, 5.74) is 1.06. The van der Waals surface area contributed by atoms with Gasteiger partial charge in [0.25, 0.3) is 5.69 Å². The number of nitro groups is 1. The van der Waals surface area contributed by atoms with E-state index in [-0.39, 0.29) is 29.5 Å². The molecule has 0 aromatic heterocycles.